The molecule has 0 unspecified atom stereocenters. The fourth-order valence-corrected chi connectivity index (χ4v) is 4.55. The van der Waals surface area contributed by atoms with Crippen molar-refractivity contribution in [3.05, 3.63) is 29.8 Å². The molecule has 1 amide bonds. The van der Waals surface area contributed by atoms with E-state index in [9.17, 15) is 4.79 Å². The summed E-state index contributed by atoms with van der Waals surface area (Å²) in [6.07, 6.45) is 2.37. The van der Waals surface area contributed by atoms with Crippen molar-refractivity contribution in [1.82, 2.24) is 10.2 Å². The number of aromatic nitrogens is 2. The summed E-state index contributed by atoms with van der Waals surface area (Å²) in [5.41, 5.74) is 2.00. The molecule has 0 bridgehead atoms. The van der Waals surface area contributed by atoms with E-state index in [1.807, 2.05) is 31.2 Å². The van der Waals surface area contributed by atoms with Crippen molar-refractivity contribution >= 4 is 46.5 Å². The van der Waals surface area contributed by atoms with Crippen molar-refractivity contribution in [3.63, 3.8) is 0 Å². The summed E-state index contributed by atoms with van der Waals surface area (Å²) in [5.74, 6) is 1.40. The van der Waals surface area contributed by atoms with E-state index < -0.39 is 0 Å². The van der Waals surface area contributed by atoms with Gasteiger partial charge in [-0.25, -0.2) is 0 Å². The van der Waals surface area contributed by atoms with Gasteiger partial charge in [0.15, 0.2) is 8.68 Å². The van der Waals surface area contributed by atoms with Crippen LogP contribution in [0, 0.1) is 6.92 Å². The fraction of sp³-hybridized carbons (Fsp3) is 0.400. The number of rotatable bonds is 8. The van der Waals surface area contributed by atoms with Crippen LogP contribution in [0.15, 0.2) is 32.9 Å². The standard InChI is InChI=1S/C15H19N3OS3/c1-3-4-9-20-14-17-18-15(22-14)21-10-13(19)16-12-7-5-11(2)6-8-12/h5-8H,3-4,9-10H2,1-2H3,(H,16,19). The molecule has 1 heterocycles. The molecule has 118 valence electrons. The molecular formula is C15H19N3OS3. The quantitative estimate of drug-likeness (QED) is 0.560. The number of nitrogens with one attached hydrogen (secondary N) is 1. The van der Waals surface area contributed by atoms with Gasteiger partial charge in [-0.2, -0.15) is 0 Å². The van der Waals surface area contributed by atoms with E-state index in [0.29, 0.717) is 5.75 Å². The topological polar surface area (TPSA) is 54.9 Å². The van der Waals surface area contributed by atoms with E-state index in [4.69, 9.17) is 0 Å². The Kier molecular flexibility index (Phi) is 7.21. The molecule has 1 aromatic carbocycles. The molecule has 22 heavy (non-hydrogen) atoms. The molecule has 0 radical (unpaired) electrons. The molecule has 4 nitrogen and oxygen atoms in total. The van der Waals surface area contributed by atoms with Gasteiger partial charge in [0.1, 0.15) is 0 Å². The van der Waals surface area contributed by atoms with E-state index in [2.05, 4.69) is 22.4 Å². The predicted octanol–water partition coefficient (Wildman–Crippen LogP) is 4.47. The number of thioether (sulfide) groups is 2. The first kappa shape index (κ1) is 17.3. The number of carbonyl (C=O) groups excluding carboxylic acids is 1. The third kappa shape index (κ3) is 5.98. The second-order valence-corrected chi connectivity index (χ2v) is 8.28. The van der Waals surface area contributed by atoms with Gasteiger partial charge in [-0.3, -0.25) is 4.79 Å². The van der Waals surface area contributed by atoms with Gasteiger partial charge in [0.2, 0.25) is 5.91 Å². The Morgan fingerprint density at radius 1 is 1.18 bits per heavy atom. The van der Waals surface area contributed by atoms with Gasteiger partial charge in [-0.15, -0.1) is 10.2 Å². The largest absolute Gasteiger partial charge is 0.325 e. The molecule has 0 aliphatic heterocycles. The molecule has 1 aromatic heterocycles. The first-order valence-electron chi connectivity index (χ1n) is 7.13. The summed E-state index contributed by atoms with van der Waals surface area (Å²) in [7, 11) is 0. The lowest BCUT2D eigenvalue weighted by atomic mass is 10.2. The Labute approximate surface area is 143 Å². The van der Waals surface area contributed by atoms with E-state index in [-0.39, 0.29) is 5.91 Å². The Balaban J connectivity index is 1.75. The highest BCUT2D eigenvalue weighted by Gasteiger charge is 2.08. The molecule has 0 atom stereocenters. The summed E-state index contributed by atoms with van der Waals surface area (Å²) in [4.78, 5) is 11.9. The fourth-order valence-electron chi connectivity index (χ4n) is 1.58. The van der Waals surface area contributed by atoms with E-state index >= 15 is 0 Å². The molecule has 0 saturated carbocycles. The highest BCUT2D eigenvalue weighted by molar-refractivity contribution is 8.03. The van der Waals surface area contributed by atoms with E-state index in [1.165, 1.54) is 30.2 Å². The van der Waals surface area contributed by atoms with Gasteiger partial charge in [0, 0.05) is 11.4 Å². The third-order valence-corrected chi connectivity index (χ3v) is 6.05. The van der Waals surface area contributed by atoms with Crippen molar-refractivity contribution in [1.29, 1.82) is 0 Å². The molecule has 0 aliphatic carbocycles. The summed E-state index contributed by atoms with van der Waals surface area (Å²) >= 11 is 4.72. The van der Waals surface area contributed by atoms with Crippen LogP contribution in [0.2, 0.25) is 0 Å². The number of benzene rings is 1. The number of carbonyl (C=O) groups is 1. The van der Waals surface area contributed by atoms with Crippen LogP contribution in [0.25, 0.3) is 0 Å². The van der Waals surface area contributed by atoms with Crippen LogP contribution in [-0.2, 0) is 4.79 Å². The highest BCUT2D eigenvalue weighted by Crippen LogP contribution is 2.29. The van der Waals surface area contributed by atoms with Crippen LogP contribution in [0.4, 0.5) is 5.69 Å². The van der Waals surface area contributed by atoms with Crippen LogP contribution in [0.3, 0.4) is 0 Å². The number of hydrogen-bond donors (Lipinski definition) is 1. The van der Waals surface area contributed by atoms with Gasteiger partial charge >= 0.3 is 0 Å². The number of aryl methyl sites for hydroxylation is 1. The normalized spacial score (nSPS) is 10.6. The number of hydrogen-bond acceptors (Lipinski definition) is 6. The smallest absolute Gasteiger partial charge is 0.234 e. The summed E-state index contributed by atoms with van der Waals surface area (Å²) in [6.45, 7) is 4.20. The minimum Gasteiger partial charge on any atom is -0.325 e. The van der Waals surface area contributed by atoms with Gasteiger partial charge in [0.25, 0.3) is 0 Å². The minimum absolute atomic E-state index is 0.0239. The average molecular weight is 354 g/mol. The van der Waals surface area contributed by atoms with E-state index in [1.54, 1.807) is 23.1 Å². The number of anilines is 1. The first-order valence-corrected chi connectivity index (χ1v) is 9.91. The van der Waals surface area contributed by atoms with Crippen LogP contribution in [-0.4, -0.2) is 27.6 Å². The molecule has 1 N–H and O–H groups in total. The Bertz CT molecular complexity index is 598. The molecule has 0 spiro atoms. The van der Waals surface area contributed by atoms with Crippen LogP contribution >= 0.6 is 34.9 Å². The maximum atomic E-state index is 11.9. The van der Waals surface area contributed by atoms with Crippen molar-refractivity contribution in [2.45, 2.75) is 35.4 Å². The van der Waals surface area contributed by atoms with Crippen molar-refractivity contribution in [3.8, 4) is 0 Å². The molecule has 0 saturated heterocycles. The number of unbranched alkanes of at least 4 members (excludes halogenated alkanes) is 1. The Morgan fingerprint density at radius 2 is 1.86 bits per heavy atom. The lowest BCUT2D eigenvalue weighted by Crippen LogP contribution is -2.13. The zero-order valence-corrected chi connectivity index (χ0v) is 15.1. The van der Waals surface area contributed by atoms with Crippen molar-refractivity contribution in [2.24, 2.45) is 0 Å². The third-order valence-electron chi connectivity index (χ3n) is 2.77. The lowest BCUT2D eigenvalue weighted by molar-refractivity contribution is -0.113. The van der Waals surface area contributed by atoms with Crippen LogP contribution in [0.5, 0.6) is 0 Å². The van der Waals surface area contributed by atoms with E-state index in [0.717, 1.165) is 20.1 Å². The maximum Gasteiger partial charge on any atom is 0.234 e. The lowest BCUT2D eigenvalue weighted by Gasteiger charge is -2.04. The molecular weight excluding hydrogens is 334 g/mol. The zero-order valence-electron chi connectivity index (χ0n) is 12.7. The summed E-state index contributed by atoms with van der Waals surface area (Å²) < 4.78 is 1.83. The second-order valence-electron chi connectivity index (χ2n) is 4.74. The molecule has 2 aromatic rings. The minimum atomic E-state index is -0.0239. The first-order chi connectivity index (χ1) is 10.7. The van der Waals surface area contributed by atoms with Gasteiger partial charge < -0.3 is 5.32 Å². The van der Waals surface area contributed by atoms with Gasteiger partial charge in [-0.1, -0.05) is 65.9 Å². The molecule has 2 rings (SSSR count). The zero-order chi connectivity index (χ0) is 15.8. The van der Waals surface area contributed by atoms with Gasteiger partial charge in [0.05, 0.1) is 5.75 Å². The number of nitrogens with zero attached hydrogens (tertiary/aromatic N) is 2. The summed E-state index contributed by atoms with van der Waals surface area (Å²) in [5, 5.41) is 11.1. The molecule has 0 aliphatic rings. The number of amides is 1. The van der Waals surface area contributed by atoms with Crippen LogP contribution in [0.1, 0.15) is 25.3 Å². The molecule has 0 fully saturated rings. The second kappa shape index (κ2) is 9.17. The monoisotopic (exact) mass is 353 g/mol. The predicted molar refractivity (Wildman–Crippen MR) is 96.1 cm³/mol. The Morgan fingerprint density at radius 3 is 2.55 bits per heavy atom. The van der Waals surface area contributed by atoms with Crippen molar-refractivity contribution < 1.29 is 4.79 Å². The average Bonchev–Trinajstić information content (AvgIpc) is 2.96. The van der Waals surface area contributed by atoms with Gasteiger partial charge in [-0.05, 0) is 25.5 Å². The Hall–Kier alpha value is -1.05. The SMILES string of the molecule is CCCCSc1nnc(SCC(=O)Nc2ccc(C)cc2)s1. The van der Waals surface area contributed by atoms with Crippen LogP contribution < -0.4 is 5.32 Å². The maximum absolute atomic E-state index is 11.9. The highest BCUT2D eigenvalue weighted by atomic mass is 32.2. The summed E-state index contributed by atoms with van der Waals surface area (Å²) in [6, 6.07) is 7.78. The molecule has 7 heteroatoms. The van der Waals surface area contributed by atoms with Crippen molar-refractivity contribution in [2.75, 3.05) is 16.8 Å².